The lowest BCUT2D eigenvalue weighted by Gasteiger charge is -2.29. The molecule has 0 fully saturated rings. The van der Waals surface area contributed by atoms with Gasteiger partial charge in [-0.05, 0) is 35.9 Å². The van der Waals surface area contributed by atoms with Crippen molar-refractivity contribution in [2.45, 2.75) is 26.8 Å². The summed E-state index contributed by atoms with van der Waals surface area (Å²) in [5.74, 6) is -1.40. The molecule has 1 aliphatic heterocycles. The fourth-order valence-corrected chi connectivity index (χ4v) is 4.26. The van der Waals surface area contributed by atoms with Gasteiger partial charge in [0, 0.05) is 22.9 Å². The first-order valence-corrected chi connectivity index (χ1v) is 11.0. The molecule has 0 aliphatic carbocycles. The topological polar surface area (TPSA) is 99.2 Å². The van der Waals surface area contributed by atoms with Crippen molar-refractivity contribution < 1.29 is 14.7 Å². The first kappa shape index (κ1) is 21.6. The highest BCUT2D eigenvalue weighted by Crippen LogP contribution is 2.44. The number of rotatable bonds is 4. The summed E-state index contributed by atoms with van der Waals surface area (Å²) in [5.41, 5.74) is 3.83. The molecule has 1 unspecified atom stereocenters. The summed E-state index contributed by atoms with van der Waals surface area (Å²) in [7, 11) is 0. The third-order valence-electron chi connectivity index (χ3n) is 6.00. The van der Waals surface area contributed by atoms with Gasteiger partial charge in [0.15, 0.2) is 11.5 Å². The van der Waals surface area contributed by atoms with Crippen molar-refractivity contribution in [2.24, 2.45) is 5.41 Å². The summed E-state index contributed by atoms with van der Waals surface area (Å²) in [6.07, 6.45) is 3.31. The first-order valence-electron chi connectivity index (χ1n) is 11.0. The Bertz CT molecular complexity index is 1430. The van der Waals surface area contributed by atoms with Crippen LogP contribution in [0.3, 0.4) is 0 Å². The van der Waals surface area contributed by atoms with Crippen LogP contribution >= 0.6 is 0 Å². The van der Waals surface area contributed by atoms with Crippen LogP contribution in [0.1, 0.15) is 32.4 Å². The number of imidazole rings is 1. The first-order chi connectivity index (χ1) is 16.3. The number of hydrogen-bond acceptors (Lipinski definition) is 5. The van der Waals surface area contributed by atoms with Crippen LogP contribution in [0.25, 0.3) is 22.3 Å². The number of nitrogens with one attached hydrogen (secondary N) is 1. The molecule has 2 N–H and O–H groups in total. The van der Waals surface area contributed by atoms with Gasteiger partial charge < -0.3 is 10.1 Å². The second kappa shape index (κ2) is 7.95. The summed E-state index contributed by atoms with van der Waals surface area (Å²) >= 11 is 0. The van der Waals surface area contributed by atoms with E-state index in [1.807, 2.05) is 48.5 Å². The number of ketones is 1. The van der Waals surface area contributed by atoms with E-state index in [-0.39, 0.29) is 11.4 Å². The quantitative estimate of drug-likeness (QED) is 0.447. The van der Waals surface area contributed by atoms with Crippen LogP contribution in [0, 0.1) is 5.41 Å². The number of pyridine rings is 1. The van der Waals surface area contributed by atoms with E-state index < -0.39 is 23.1 Å². The Morgan fingerprint density at radius 2 is 1.79 bits per heavy atom. The normalized spacial score (nSPS) is 16.5. The number of benzene rings is 2. The molecule has 170 valence electrons. The molecular formula is C27H24N4O3. The van der Waals surface area contributed by atoms with Crippen molar-refractivity contribution >= 4 is 28.4 Å². The van der Waals surface area contributed by atoms with Crippen LogP contribution in [-0.4, -0.2) is 31.7 Å². The van der Waals surface area contributed by atoms with Gasteiger partial charge in [-0.1, -0.05) is 51.1 Å². The molecule has 5 rings (SSSR count). The van der Waals surface area contributed by atoms with E-state index >= 15 is 0 Å². The lowest BCUT2D eigenvalue weighted by molar-refractivity contribution is -0.123. The van der Waals surface area contributed by atoms with Crippen LogP contribution in [0.15, 0.2) is 84.5 Å². The number of anilines is 1. The Balaban J connectivity index is 1.64. The fraction of sp³-hybridized carbons (Fsp3) is 0.185. The van der Waals surface area contributed by atoms with E-state index in [1.54, 1.807) is 45.4 Å². The molecule has 0 radical (unpaired) electrons. The Morgan fingerprint density at radius 3 is 2.47 bits per heavy atom. The minimum atomic E-state index is -0.780. The molecule has 2 aromatic carbocycles. The monoisotopic (exact) mass is 452 g/mol. The summed E-state index contributed by atoms with van der Waals surface area (Å²) in [6.45, 7) is 5.33. The minimum absolute atomic E-state index is 0.102. The van der Waals surface area contributed by atoms with Crippen LogP contribution in [0.4, 0.5) is 5.69 Å². The number of carbonyl (C=O) groups excluding carboxylic acids is 2. The highest BCUT2D eigenvalue weighted by atomic mass is 16.3. The molecule has 1 aliphatic rings. The van der Waals surface area contributed by atoms with Crippen molar-refractivity contribution in [1.29, 1.82) is 0 Å². The van der Waals surface area contributed by atoms with E-state index in [1.165, 1.54) is 4.90 Å². The summed E-state index contributed by atoms with van der Waals surface area (Å²) in [6, 6.07) is 17.9. The highest BCUT2D eigenvalue weighted by Gasteiger charge is 2.46. The number of fused-ring (bicyclic) bond motifs is 1. The Labute approximate surface area is 196 Å². The predicted octanol–water partition coefficient (Wildman–Crippen LogP) is 5.14. The van der Waals surface area contributed by atoms with E-state index in [4.69, 9.17) is 0 Å². The zero-order chi connectivity index (χ0) is 24.0. The average Bonchev–Trinajstić information content (AvgIpc) is 3.40. The van der Waals surface area contributed by atoms with Crippen LogP contribution in [0.2, 0.25) is 0 Å². The summed E-state index contributed by atoms with van der Waals surface area (Å²) < 4.78 is 0. The van der Waals surface area contributed by atoms with Crippen LogP contribution < -0.4 is 4.90 Å². The maximum absolute atomic E-state index is 13.4. The summed E-state index contributed by atoms with van der Waals surface area (Å²) in [4.78, 5) is 39.9. The smallest absolute Gasteiger partial charge is 0.294 e. The molecule has 0 saturated carbocycles. The van der Waals surface area contributed by atoms with Gasteiger partial charge in [0.2, 0.25) is 0 Å². The van der Waals surface area contributed by atoms with E-state index in [9.17, 15) is 14.7 Å². The minimum Gasteiger partial charge on any atom is -0.503 e. The molecular weight excluding hydrogens is 428 g/mol. The predicted molar refractivity (Wildman–Crippen MR) is 130 cm³/mol. The molecule has 2 aromatic heterocycles. The van der Waals surface area contributed by atoms with Gasteiger partial charge in [-0.3, -0.25) is 19.5 Å². The number of aromatic amines is 1. The SMILES string of the molecule is CC(C)(C)C(=O)C1=C(O)C(=O)N(c2ccc3[nH]cnc3c2)C1c1ccc(-c2ccccn2)cc1. The number of Topliss-reactive ketones (excluding diaryl/α,β-unsaturated/α-hetero) is 1. The van der Waals surface area contributed by atoms with Gasteiger partial charge >= 0.3 is 0 Å². The molecule has 1 amide bonds. The Hall–Kier alpha value is -4.26. The van der Waals surface area contributed by atoms with E-state index in [0.29, 0.717) is 16.8 Å². The number of H-pyrrole nitrogens is 1. The number of aromatic nitrogens is 3. The van der Waals surface area contributed by atoms with E-state index in [0.717, 1.165) is 16.8 Å². The molecule has 7 nitrogen and oxygen atoms in total. The molecule has 3 heterocycles. The van der Waals surface area contributed by atoms with Gasteiger partial charge in [0.1, 0.15) is 0 Å². The molecule has 0 saturated heterocycles. The Kier molecular flexibility index (Phi) is 5.05. The van der Waals surface area contributed by atoms with Gasteiger partial charge in [-0.25, -0.2) is 4.98 Å². The largest absolute Gasteiger partial charge is 0.503 e. The third-order valence-corrected chi connectivity index (χ3v) is 6.00. The lowest BCUT2D eigenvalue weighted by atomic mass is 9.82. The zero-order valence-electron chi connectivity index (χ0n) is 19.1. The third kappa shape index (κ3) is 3.55. The molecule has 34 heavy (non-hydrogen) atoms. The van der Waals surface area contributed by atoms with Crippen LogP contribution in [0.5, 0.6) is 0 Å². The second-order valence-electron chi connectivity index (χ2n) is 9.36. The maximum Gasteiger partial charge on any atom is 0.294 e. The molecule has 7 heteroatoms. The molecule has 0 bridgehead atoms. The van der Waals surface area contributed by atoms with Crippen molar-refractivity contribution in [2.75, 3.05) is 4.90 Å². The average molecular weight is 453 g/mol. The van der Waals surface area contributed by atoms with Gasteiger partial charge in [-0.15, -0.1) is 0 Å². The number of aliphatic hydroxyl groups is 1. The van der Waals surface area contributed by atoms with Crippen LogP contribution in [-0.2, 0) is 9.59 Å². The van der Waals surface area contributed by atoms with Crippen molar-refractivity contribution in [3.05, 3.63) is 90.1 Å². The zero-order valence-corrected chi connectivity index (χ0v) is 19.1. The van der Waals surface area contributed by atoms with Gasteiger partial charge in [0.25, 0.3) is 5.91 Å². The van der Waals surface area contributed by atoms with Crippen molar-refractivity contribution in [1.82, 2.24) is 15.0 Å². The van der Waals surface area contributed by atoms with Crippen molar-refractivity contribution in [3.8, 4) is 11.3 Å². The number of aliphatic hydroxyl groups excluding tert-OH is 1. The molecule has 4 aromatic rings. The van der Waals surface area contributed by atoms with E-state index in [2.05, 4.69) is 15.0 Å². The lowest BCUT2D eigenvalue weighted by Crippen LogP contribution is -2.32. The number of nitrogens with zero attached hydrogens (tertiary/aromatic N) is 3. The fourth-order valence-electron chi connectivity index (χ4n) is 4.26. The standard InChI is InChI=1S/C27H24N4O3/c1-27(2,3)25(33)22-23(17-9-7-16(8-10-17)19-6-4-5-13-28-19)31(26(34)24(22)32)18-11-12-20-21(14-18)30-15-29-20/h4-15,23,32H,1-3H3,(H,29,30). The van der Waals surface area contributed by atoms with Gasteiger partial charge in [0.05, 0.1) is 34.7 Å². The maximum atomic E-state index is 13.4. The molecule has 0 spiro atoms. The Morgan fingerprint density at radius 1 is 1.03 bits per heavy atom. The number of amides is 1. The highest BCUT2D eigenvalue weighted by molar-refractivity contribution is 6.17. The second-order valence-corrected chi connectivity index (χ2v) is 9.36. The number of carbonyl (C=O) groups is 2. The van der Waals surface area contributed by atoms with Gasteiger partial charge in [-0.2, -0.15) is 0 Å². The van der Waals surface area contributed by atoms with Crippen molar-refractivity contribution in [3.63, 3.8) is 0 Å². The molecule has 1 atom stereocenters. The summed E-state index contributed by atoms with van der Waals surface area (Å²) in [5, 5.41) is 10.9. The number of hydrogen-bond donors (Lipinski definition) is 2.